The molecule has 0 aromatic carbocycles. The van der Waals surface area contributed by atoms with E-state index >= 15 is 0 Å². The summed E-state index contributed by atoms with van der Waals surface area (Å²) in [4.78, 5) is 11.3. The molecule has 1 nitrogen and oxygen atoms in total. The minimum Gasteiger partial charge on any atom is -0.295 e. The van der Waals surface area contributed by atoms with Crippen LogP contribution in [-0.2, 0) is 4.79 Å². The minimum absolute atomic E-state index is 0.289. The van der Waals surface area contributed by atoms with E-state index in [-0.39, 0.29) is 5.78 Å². The summed E-state index contributed by atoms with van der Waals surface area (Å²) in [5, 5.41) is 0. The maximum atomic E-state index is 11.3. The highest BCUT2D eigenvalue weighted by Gasteiger charge is 2.38. The summed E-state index contributed by atoms with van der Waals surface area (Å²) < 4.78 is 0. The van der Waals surface area contributed by atoms with Gasteiger partial charge in [-0.05, 0) is 49.5 Å². The third kappa shape index (κ3) is 1.65. The Kier molecular flexibility index (Phi) is 2.50. The minimum atomic E-state index is 0.289. The van der Waals surface area contributed by atoms with Crippen LogP contribution in [0.15, 0.2) is 11.6 Å². The lowest BCUT2D eigenvalue weighted by molar-refractivity contribution is -0.114. The number of carbonyl (C=O) groups is 1. The van der Waals surface area contributed by atoms with E-state index in [1.165, 1.54) is 32.1 Å². The summed E-state index contributed by atoms with van der Waals surface area (Å²) in [6, 6.07) is 0. The van der Waals surface area contributed by atoms with E-state index in [0.29, 0.717) is 11.3 Å². The first-order chi connectivity index (χ1) is 6.62. The molecule has 0 aromatic rings. The molecular formula is C13H20O. The van der Waals surface area contributed by atoms with E-state index in [1.807, 2.05) is 0 Å². The van der Waals surface area contributed by atoms with Crippen molar-refractivity contribution in [2.24, 2.45) is 11.3 Å². The van der Waals surface area contributed by atoms with Gasteiger partial charge < -0.3 is 0 Å². The molecular weight excluding hydrogens is 172 g/mol. The molecule has 78 valence electrons. The van der Waals surface area contributed by atoms with Crippen LogP contribution in [0, 0.1) is 11.3 Å². The van der Waals surface area contributed by atoms with Gasteiger partial charge in [0.15, 0.2) is 5.78 Å². The highest BCUT2D eigenvalue weighted by Crippen LogP contribution is 2.48. The molecule has 0 amide bonds. The smallest absolute Gasteiger partial charge is 0.155 e. The number of hydrogen-bond acceptors (Lipinski definition) is 1. The lowest BCUT2D eigenvalue weighted by Crippen LogP contribution is -2.33. The van der Waals surface area contributed by atoms with Gasteiger partial charge in [-0.25, -0.2) is 0 Å². The van der Waals surface area contributed by atoms with E-state index < -0.39 is 0 Å². The fourth-order valence-corrected chi connectivity index (χ4v) is 3.06. The summed E-state index contributed by atoms with van der Waals surface area (Å²) in [5.41, 5.74) is 1.60. The molecule has 2 atom stereocenters. The van der Waals surface area contributed by atoms with Crippen molar-refractivity contribution in [1.82, 2.24) is 0 Å². The number of ketones is 1. The molecule has 2 rings (SSSR count). The Labute approximate surface area is 86.6 Å². The van der Waals surface area contributed by atoms with Crippen LogP contribution in [0.3, 0.4) is 0 Å². The highest BCUT2D eigenvalue weighted by atomic mass is 16.1. The average Bonchev–Trinajstić information content (AvgIpc) is 2.16. The van der Waals surface area contributed by atoms with Crippen LogP contribution in [0.25, 0.3) is 0 Å². The Morgan fingerprint density at radius 3 is 2.93 bits per heavy atom. The van der Waals surface area contributed by atoms with E-state index in [9.17, 15) is 4.79 Å². The zero-order chi connectivity index (χ0) is 10.2. The highest BCUT2D eigenvalue weighted by molar-refractivity contribution is 5.93. The zero-order valence-corrected chi connectivity index (χ0v) is 9.31. The van der Waals surface area contributed by atoms with Crippen molar-refractivity contribution in [1.29, 1.82) is 0 Å². The zero-order valence-electron chi connectivity index (χ0n) is 9.31. The van der Waals surface area contributed by atoms with Crippen molar-refractivity contribution >= 4 is 5.78 Å². The van der Waals surface area contributed by atoms with Crippen molar-refractivity contribution in [2.75, 3.05) is 0 Å². The van der Waals surface area contributed by atoms with Gasteiger partial charge in [0.25, 0.3) is 0 Å². The quantitative estimate of drug-likeness (QED) is 0.621. The Hall–Kier alpha value is -0.590. The lowest BCUT2D eigenvalue weighted by atomic mass is 9.61. The second kappa shape index (κ2) is 3.52. The SMILES string of the molecule is CC(=O)C1=C[C@H]2CCCC[C@]2(C)CC1. The molecule has 0 spiro atoms. The van der Waals surface area contributed by atoms with Gasteiger partial charge in [0.1, 0.15) is 0 Å². The molecule has 0 radical (unpaired) electrons. The van der Waals surface area contributed by atoms with E-state index in [0.717, 1.165) is 12.0 Å². The van der Waals surface area contributed by atoms with Gasteiger partial charge in [0.2, 0.25) is 0 Å². The largest absolute Gasteiger partial charge is 0.295 e. The van der Waals surface area contributed by atoms with E-state index in [1.54, 1.807) is 6.92 Å². The summed E-state index contributed by atoms with van der Waals surface area (Å²) in [6.07, 6.45) is 9.92. The van der Waals surface area contributed by atoms with Crippen LogP contribution >= 0.6 is 0 Å². The molecule has 0 bridgehead atoms. The molecule has 0 aromatic heterocycles. The fraction of sp³-hybridized carbons (Fsp3) is 0.769. The maximum absolute atomic E-state index is 11.3. The number of rotatable bonds is 1. The lowest BCUT2D eigenvalue weighted by Gasteiger charge is -2.43. The van der Waals surface area contributed by atoms with E-state index in [4.69, 9.17) is 0 Å². The summed E-state index contributed by atoms with van der Waals surface area (Å²) in [6.45, 7) is 4.11. The molecule has 0 N–H and O–H groups in total. The van der Waals surface area contributed by atoms with Crippen molar-refractivity contribution in [3.05, 3.63) is 11.6 Å². The first kappa shape index (κ1) is 9.95. The second-order valence-electron chi connectivity index (χ2n) is 5.25. The molecule has 1 fully saturated rings. The average molecular weight is 192 g/mol. The Balaban J connectivity index is 2.21. The third-order valence-electron chi connectivity index (χ3n) is 4.23. The van der Waals surface area contributed by atoms with Crippen LogP contribution in [-0.4, -0.2) is 5.78 Å². The Bertz CT molecular complexity index is 277. The Morgan fingerprint density at radius 1 is 1.43 bits per heavy atom. The first-order valence-electron chi connectivity index (χ1n) is 5.83. The van der Waals surface area contributed by atoms with E-state index in [2.05, 4.69) is 13.0 Å². The van der Waals surface area contributed by atoms with Gasteiger partial charge >= 0.3 is 0 Å². The summed E-state index contributed by atoms with van der Waals surface area (Å²) >= 11 is 0. The summed E-state index contributed by atoms with van der Waals surface area (Å²) in [7, 11) is 0. The summed E-state index contributed by atoms with van der Waals surface area (Å²) in [5.74, 6) is 0.974. The topological polar surface area (TPSA) is 17.1 Å². The van der Waals surface area contributed by atoms with Crippen molar-refractivity contribution in [2.45, 2.75) is 52.4 Å². The number of carbonyl (C=O) groups excluding carboxylic acids is 1. The normalized spacial score (nSPS) is 37.3. The van der Waals surface area contributed by atoms with Crippen molar-refractivity contribution in [3.63, 3.8) is 0 Å². The monoisotopic (exact) mass is 192 g/mol. The van der Waals surface area contributed by atoms with Gasteiger partial charge in [-0.3, -0.25) is 4.79 Å². The van der Waals surface area contributed by atoms with Crippen LogP contribution in [0.1, 0.15) is 52.4 Å². The standard InChI is InChI=1S/C13H20O/c1-10(14)11-6-8-13(2)7-4-3-5-12(13)9-11/h9,12H,3-8H2,1-2H3/t12-,13-/m1/s1. The third-order valence-corrected chi connectivity index (χ3v) is 4.23. The molecule has 14 heavy (non-hydrogen) atoms. The van der Waals surface area contributed by atoms with Gasteiger partial charge in [0.05, 0.1) is 0 Å². The molecule has 1 saturated carbocycles. The Morgan fingerprint density at radius 2 is 2.21 bits per heavy atom. The molecule has 0 heterocycles. The molecule has 2 aliphatic carbocycles. The van der Waals surface area contributed by atoms with Gasteiger partial charge in [-0.15, -0.1) is 0 Å². The molecule has 0 unspecified atom stereocenters. The number of Topliss-reactive ketones (excluding diaryl/α,β-unsaturated/α-hetero) is 1. The van der Waals surface area contributed by atoms with Gasteiger partial charge in [0, 0.05) is 0 Å². The van der Waals surface area contributed by atoms with Crippen LogP contribution in [0.4, 0.5) is 0 Å². The first-order valence-corrected chi connectivity index (χ1v) is 5.83. The molecule has 0 saturated heterocycles. The van der Waals surface area contributed by atoms with Crippen molar-refractivity contribution < 1.29 is 4.79 Å². The van der Waals surface area contributed by atoms with Gasteiger partial charge in [-0.1, -0.05) is 25.8 Å². The molecule has 2 aliphatic rings. The maximum Gasteiger partial charge on any atom is 0.155 e. The van der Waals surface area contributed by atoms with Crippen molar-refractivity contribution in [3.8, 4) is 0 Å². The van der Waals surface area contributed by atoms with Gasteiger partial charge in [-0.2, -0.15) is 0 Å². The number of fused-ring (bicyclic) bond motifs is 1. The van der Waals surface area contributed by atoms with Crippen LogP contribution in [0.5, 0.6) is 0 Å². The number of hydrogen-bond donors (Lipinski definition) is 0. The van der Waals surface area contributed by atoms with Crippen LogP contribution < -0.4 is 0 Å². The molecule has 0 aliphatic heterocycles. The second-order valence-corrected chi connectivity index (χ2v) is 5.25. The van der Waals surface area contributed by atoms with Crippen LogP contribution in [0.2, 0.25) is 0 Å². The predicted molar refractivity (Wildman–Crippen MR) is 58.1 cm³/mol. The number of allylic oxidation sites excluding steroid dienone is 2. The predicted octanol–water partition coefficient (Wildman–Crippen LogP) is 3.49. The fourth-order valence-electron chi connectivity index (χ4n) is 3.06. The molecule has 1 heteroatoms.